The molecule has 1 unspecified atom stereocenters. The second kappa shape index (κ2) is 16.9. The molecule has 4 heterocycles. The lowest BCUT2D eigenvalue weighted by molar-refractivity contribution is -0.170. The number of tetrazole rings is 1. The van der Waals surface area contributed by atoms with Gasteiger partial charge in [-0.1, -0.05) is 18.2 Å². The lowest BCUT2D eigenvalue weighted by atomic mass is 9.98. The van der Waals surface area contributed by atoms with Gasteiger partial charge in [-0.15, -0.1) is 45.2 Å². The first-order chi connectivity index (χ1) is 22.1. The first kappa shape index (κ1) is 36.9. The zero-order valence-electron chi connectivity index (χ0n) is 26.2. The number of hydrogen-bond donors (Lipinski definition) is 2. The van der Waals surface area contributed by atoms with Crippen LogP contribution >= 0.6 is 51.8 Å². The van der Waals surface area contributed by atoms with Crippen molar-refractivity contribution >= 4 is 80.9 Å². The Labute approximate surface area is 294 Å². The fourth-order valence-electron chi connectivity index (χ4n) is 5.18. The Balaban J connectivity index is 0.00000500. The third kappa shape index (κ3) is 9.58. The molecule has 20 heteroatoms. The number of nitrogens with two attached hydrogens (primary N) is 1. The minimum atomic E-state index is -1.27. The third-order valence-corrected chi connectivity index (χ3v) is 10.6. The number of aromatic nitrogens is 5. The number of thioether (sulfide) groups is 2. The number of halogens is 1. The summed E-state index contributed by atoms with van der Waals surface area (Å²) < 4.78 is 17.8. The maximum absolute atomic E-state index is 13.6. The molecule has 2 aromatic heterocycles. The molecule has 0 aromatic carbocycles. The van der Waals surface area contributed by atoms with E-state index in [-0.39, 0.29) is 46.9 Å². The summed E-state index contributed by atoms with van der Waals surface area (Å²) in [4.78, 5) is 59.6. The van der Waals surface area contributed by atoms with Gasteiger partial charge in [0.15, 0.2) is 5.13 Å². The Morgan fingerprint density at radius 2 is 1.98 bits per heavy atom. The summed E-state index contributed by atoms with van der Waals surface area (Å²) in [5.74, 6) is -1.01. The van der Waals surface area contributed by atoms with Crippen molar-refractivity contribution < 1.29 is 33.4 Å². The Morgan fingerprint density at radius 1 is 1.21 bits per heavy atom. The first-order valence-corrected chi connectivity index (χ1v) is 17.8. The molecule has 2 aromatic rings. The zero-order chi connectivity index (χ0) is 32.8. The van der Waals surface area contributed by atoms with E-state index < -0.39 is 35.7 Å². The van der Waals surface area contributed by atoms with Crippen molar-refractivity contribution in [3.05, 3.63) is 22.3 Å². The number of ether oxygens (including phenoxy) is 3. The number of nitrogens with zero attached hydrogens (tertiary/aromatic N) is 7. The van der Waals surface area contributed by atoms with Crippen molar-refractivity contribution in [3.8, 4) is 0 Å². The van der Waals surface area contributed by atoms with Crippen LogP contribution in [0.5, 0.6) is 0 Å². The lowest BCUT2D eigenvalue weighted by Gasteiger charge is -2.49. The number of nitrogen functional groups attached to an aromatic ring is 1. The van der Waals surface area contributed by atoms with Crippen LogP contribution in [0, 0.1) is 0 Å². The monoisotopic (exact) mass is 775 g/mol. The maximum Gasteiger partial charge on any atom is 0.511 e. The van der Waals surface area contributed by atoms with Gasteiger partial charge in [0, 0.05) is 30.4 Å². The molecule has 3 N–H and O–H groups in total. The SMILES string of the molecule is Br.CC(OC(=O)OC1CCCCC1)OC(=O)C1=C(CSc2nnnn2CCN(C)C)CS[C@@H]2[C@H](NC(=O)Cc3csc(N)n3)C(=O)N12. The molecule has 16 nitrogen and oxygen atoms in total. The highest BCUT2D eigenvalue weighted by Crippen LogP contribution is 2.42. The van der Waals surface area contributed by atoms with E-state index in [1.54, 1.807) is 10.1 Å². The van der Waals surface area contributed by atoms with Crippen LogP contribution in [0.1, 0.15) is 44.7 Å². The van der Waals surface area contributed by atoms with E-state index >= 15 is 0 Å². The number of anilines is 1. The summed E-state index contributed by atoms with van der Waals surface area (Å²) >= 11 is 3.97. The molecule has 2 aliphatic heterocycles. The number of fused-ring (bicyclic) bond motifs is 1. The highest BCUT2D eigenvalue weighted by molar-refractivity contribution is 8.93. The van der Waals surface area contributed by atoms with Crippen LogP contribution in [-0.2, 0) is 41.6 Å². The number of rotatable bonds is 13. The minimum absolute atomic E-state index is 0. The Hall–Kier alpha value is -2.94. The third-order valence-electron chi connectivity index (χ3n) is 7.45. The van der Waals surface area contributed by atoms with Gasteiger partial charge in [-0.2, -0.15) is 0 Å². The molecule has 0 bridgehead atoms. The van der Waals surface area contributed by atoms with Crippen molar-refractivity contribution in [2.75, 3.05) is 37.9 Å². The average Bonchev–Trinajstić information content (AvgIpc) is 3.65. The topological polar surface area (TPSA) is 197 Å². The molecular formula is C27H38BrN9O7S3. The second-order valence-electron chi connectivity index (χ2n) is 11.3. The number of carbonyl (C=O) groups excluding carboxylic acids is 4. The molecule has 1 aliphatic carbocycles. The Bertz CT molecular complexity index is 1470. The van der Waals surface area contributed by atoms with Crippen LogP contribution in [0.25, 0.3) is 0 Å². The molecule has 2 fully saturated rings. The van der Waals surface area contributed by atoms with Gasteiger partial charge in [0.05, 0.1) is 18.7 Å². The van der Waals surface area contributed by atoms with Gasteiger partial charge in [0.2, 0.25) is 17.4 Å². The van der Waals surface area contributed by atoms with Crippen molar-refractivity contribution in [1.29, 1.82) is 0 Å². The smallest absolute Gasteiger partial charge is 0.431 e. The predicted octanol–water partition coefficient (Wildman–Crippen LogP) is 2.22. The normalized spacial score (nSPS) is 20.2. The summed E-state index contributed by atoms with van der Waals surface area (Å²) in [7, 11) is 3.90. The van der Waals surface area contributed by atoms with Crippen molar-refractivity contribution in [2.24, 2.45) is 0 Å². The fraction of sp³-hybridized carbons (Fsp3) is 0.630. The first-order valence-electron chi connectivity index (χ1n) is 14.9. The van der Waals surface area contributed by atoms with Crippen molar-refractivity contribution in [2.45, 2.75) is 81.0 Å². The quantitative estimate of drug-likeness (QED) is 0.130. The number of carbonyl (C=O) groups is 4. The molecule has 1 saturated heterocycles. The van der Waals surface area contributed by atoms with Crippen LogP contribution in [0.4, 0.5) is 9.93 Å². The molecule has 1 saturated carbocycles. The number of amides is 2. The van der Waals surface area contributed by atoms with Crippen LogP contribution in [0.15, 0.2) is 21.8 Å². The number of thiazole rings is 1. The summed E-state index contributed by atoms with van der Waals surface area (Å²) in [6, 6.07) is -0.844. The predicted molar refractivity (Wildman–Crippen MR) is 180 cm³/mol. The summed E-state index contributed by atoms with van der Waals surface area (Å²) in [6.07, 6.45) is 2.14. The van der Waals surface area contributed by atoms with Crippen LogP contribution in [0.2, 0.25) is 0 Å². The number of nitrogens with one attached hydrogen (secondary N) is 1. The van der Waals surface area contributed by atoms with E-state index in [1.807, 2.05) is 19.0 Å². The van der Waals surface area contributed by atoms with Crippen LogP contribution in [0.3, 0.4) is 0 Å². The van der Waals surface area contributed by atoms with Gasteiger partial charge in [-0.05, 0) is 55.8 Å². The lowest BCUT2D eigenvalue weighted by Crippen LogP contribution is -2.70. The number of likely N-dealkylation sites (N-methyl/N-ethyl adjacent to an activating group) is 1. The van der Waals surface area contributed by atoms with Gasteiger partial charge in [-0.3, -0.25) is 14.5 Å². The summed E-state index contributed by atoms with van der Waals surface area (Å²) in [6.45, 7) is 2.70. The average molecular weight is 777 g/mol. The molecule has 5 rings (SSSR count). The molecule has 0 radical (unpaired) electrons. The highest BCUT2D eigenvalue weighted by Gasteiger charge is 2.54. The largest absolute Gasteiger partial charge is 0.511 e. The molecule has 47 heavy (non-hydrogen) atoms. The Kier molecular flexibility index (Phi) is 13.3. The zero-order valence-corrected chi connectivity index (χ0v) is 30.3. The van der Waals surface area contributed by atoms with Gasteiger partial charge < -0.3 is 30.2 Å². The van der Waals surface area contributed by atoms with Crippen molar-refractivity contribution in [3.63, 3.8) is 0 Å². The summed E-state index contributed by atoms with van der Waals surface area (Å²) in [5.41, 5.74) is 6.83. The molecular weight excluding hydrogens is 738 g/mol. The highest BCUT2D eigenvalue weighted by atomic mass is 79.9. The van der Waals surface area contributed by atoms with Crippen LogP contribution in [-0.4, -0.2) is 115 Å². The maximum atomic E-state index is 13.6. The van der Waals surface area contributed by atoms with E-state index in [0.29, 0.717) is 33.9 Å². The fourth-order valence-corrected chi connectivity index (χ4v) is 8.13. The van der Waals surface area contributed by atoms with Crippen molar-refractivity contribution in [1.82, 2.24) is 40.3 Å². The number of esters is 1. The number of hydrogen-bond acceptors (Lipinski definition) is 16. The van der Waals surface area contributed by atoms with Gasteiger partial charge in [-0.25, -0.2) is 19.3 Å². The van der Waals surface area contributed by atoms with Gasteiger partial charge >= 0.3 is 12.1 Å². The minimum Gasteiger partial charge on any atom is -0.431 e. The van der Waals surface area contributed by atoms with E-state index in [1.165, 1.54) is 46.7 Å². The Morgan fingerprint density at radius 3 is 2.68 bits per heavy atom. The van der Waals surface area contributed by atoms with E-state index in [0.717, 1.165) is 38.6 Å². The van der Waals surface area contributed by atoms with Gasteiger partial charge in [0.25, 0.3) is 5.91 Å². The standard InChI is InChI=1S/C27H37N9O7S3.BrH/c1-15(42-27(40)43-18-7-5-4-6-8-18)41-24(39)21-16(13-46-26-31-32-33-35(26)10-9-34(2)3)12-44-23-20(22(38)36(21)23)30-19(37)11-17-14-45-25(28)29-17;/h14-15,18,20,23H,4-13H2,1-3H3,(H2,28,29)(H,30,37);1H/t15?,20-,23-;/m1./s1. The molecule has 3 aliphatic rings. The van der Waals surface area contributed by atoms with Gasteiger partial charge in [0.1, 0.15) is 23.2 Å². The summed E-state index contributed by atoms with van der Waals surface area (Å²) in [5, 5.41) is 16.8. The molecule has 0 spiro atoms. The second-order valence-corrected chi connectivity index (χ2v) is 14.2. The van der Waals surface area contributed by atoms with E-state index in [2.05, 4.69) is 25.8 Å². The molecule has 2 amide bonds. The molecule has 3 atom stereocenters. The van der Waals surface area contributed by atoms with E-state index in [4.69, 9.17) is 19.9 Å². The van der Waals surface area contributed by atoms with Crippen LogP contribution < -0.4 is 11.1 Å². The molecule has 258 valence electrons. The number of β-lactam (4-membered cyclic amide) rings is 1. The van der Waals surface area contributed by atoms with E-state index in [9.17, 15) is 19.2 Å².